The van der Waals surface area contributed by atoms with Crippen LogP contribution in [0.25, 0.3) is 11.0 Å². The summed E-state index contributed by atoms with van der Waals surface area (Å²) in [6.45, 7) is -0.507. The van der Waals surface area contributed by atoms with Crippen molar-refractivity contribution in [3.8, 4) is 0 Å². The van der Waals surface area contributed by atoms with E-state index in [2.05, 4.69) is 9.97 Å². The van der Waals surface area contributed by atoms with Crippen LogP contribution in [0.15, 0.2) is 17.1 Å². The Morgan fingerprint density at radius 2 is 2.35 bits per heavy atom. The number of aromatic nitrogens is 3. The third kappa shape index (κ3) is 1.79. The van der Waals surface area contributed by atoms with Gasteiger partial charge in [0, 0.05) is 6.20 Å². The number of nitrogen functional groups attached to an aromatic ring is 1. The molecule has 1 aliphatic rings. The molecule has 5 N–H and O–H groups in total. The lowest BCUT2D eigenvalue weighted by Crippen LogP contribution is -2.30. The van der Waals surface area contributed by atoms with Crippen LogP contribution in [0.3, 0.4) is 0 Å². The molecule has 1 fully saturated rings. The number of aromatic amines is 1. The summed E-state index contributed by atoms with van der Waals surface area (Å²) in [6.07, 6.45) is -3.96. The van der Waals surface area contributed by atoms with Crippen molar-refractivity contribution in [2.75, 3.05) is 12.3 Å². The maximum absolute atomic E-state index is 14.1. The predicted octanol–water partition coefficient (Wildman–Crippen LogP) is -1.10. The summed E-state index contributed by atoms with van der Waals surface area (Å²) in [4.78, 5) is 18.0. The fourth-order valence-corrected chi connectivity index (χ4v) is 2.34. The minimum Gasteiger partial charge on any atom is -0.394 e. The van der Waals surface area contributed by atoms with E-state index in [1.807, 2.05) is 0 Å². The Morgan fingerprint density at radius 3 is 3.00 bits per heavy atom. The maximum atomic E-state index is 14.1. The number of ether oxygens (including phenoxy) is 1. The molecule has 8 nitrogen and oxygen atoms in total. The Bertz CT molecular complexity index is 699. The van der Waals surface area contributed by atoms with Gasteiger partial charge in [-0.05, 0) is 6.07 Å². The van der Waals surface area contributed by atoms with Crippen molar-refractivity contribution in [3.05, 3.63) is 22.6 Å². The Morgan fingerprint density at radius 1 is 1.60 bits per heavy atom. The van der Waals surface area contributed by atoms with E-state index < -0.39 is 36.8 Å². The molecule has 0 saturated carbocycles. The molecule has 0 amide bonds. The van der Waals surface area contributed by atoms with Crippen LogP contribution in [-0.2, 0) is 4.74 Å². The molecule has 2 aromatic rings. The summed E-state index contributed by atoms with van der Waals surface area (Å²) in [5.41, 5.74) is 5.17. The van der Waals surface area contributed by atoms with Gasteiger partial charge in [-0.3, -0.25) is 9.78 Å². The fourth-order valence-electron chi connectivity index (χ4n) is 2.34. The molecule has 20 heavy (non-hydrogen) atoms. The van der Waals surface area contributed by atoms with Gasteiger partial charge < -0.3 is 25.3 Å². The normalized spacial score (nSPS) is 30.1. The second kappa shape index (κ2) is 4.54. The van der Waals surface area contributed by atoms with Crippen molar-refractivity contribution in [3.63, 3.8) is 0 Å². The summed E-state index contributed by atoms with van der Waals surface area (Å²) in [5, 5.41) is 18.9. The standard InChI is InChI=1S/C11H13FN4O4/c12-6-7(18)5(3-17)20-10(6)16-2-1-4-8(16)14-11(13)15-9(4)19/h1-2,5-7,10,17-18H,3H2,(H3,13,14,15,19)/t5-,6+,7?,10-/m1/s1. The van der Waals surface area contributed by atoms with Crippen LogP contribution in [0.4, 0.5) is 10.3 Å². The second-order valence-electron chi connectivity index (χ2n) is 4.59. The van der Waals surface area contributed by atoms with Crippen LogP contribution in [0.1, 0.15) is 6.23 Å². The number of hydrogen-bond acceptors (Lipinski definition) is 6. The molecule has 0 spiro atoms. The summed E-state index contributed by atoms with van der Waals surface area (Å²) in [7, 11) is 0. The van der Waals surface area contributed by atoms with Crippen LogP contribution < -0.4 is 11.3 Å². The molecule has 0 radical (unpaired) electrons. The zero-order valence-corrected chi connectivity index (χ0v) is 10.2. The van der Waals surface area contributed by atoms with Gasteiger partial charge in [-0.25, -0.2) is 4.39 Å². The highest BCUT2D eigenvalue weighted by Gasteiger charge is 2.45. The number of nitrogens with two attached hydrogens (primary N) is 1. The first-order valence-electron chi connectivity index (χ1n) is 5.97. The minimum atomic E-state index is -1.75. The molecular weight excluding hydrogens is 271 g/mol. The van der Waals surface area contributed by atoms with Gasteiger partial charge in [0.25, 0.3) is 5.56 Å². The van der Waals surface area contributed by atoms with Gasteiger partial charge in [0.05, 0.1) is 12.0 Å². The van der Waals surface area contributed by atoms with E-state index in [1.54, 1.807) is 0 Å². The highest BCUT2D eigenvalue weighted by molar-refractivity contribution is 5.76. The molecule has 1 saturated heterocycles. The average Bonchev–Trinajstić information content (AvgIpc) is 2.93. The van der Waals surface area contributed by atoms with Crippen molar-refractivity contribution in [2.24, 2.45) is 0 Å². The molecular formula is C11H13FN4O4. The number of rotatable bonds is 2. The van der Waals surface area contributed by atoms with Crippen molar-refractivity contribution in [1.82, 2.24) is 14.5 Å². The fraction of sp³-hybridized carbons (Fsp3) is 0.455. The quantitative estimate of drug-likeness (QED) is 0.554. The van der Waals surface area contributed by atoms with E-state index in [-0.39, 0.29) is 17.0 Å². The largest absolute Gasteiger partial charge is 0.394 e. The van der Waals surface area contributed by atoms with Crippen LogP contribution in [-0.4, -0.2) is 49.7 Å². The van der Waals surface area contributed by atoms with Gasteiger partial charge in [-0.2, -0.15) is 4.98 Å². The monoisotopic (exact) mass is 284 g/mol. The lowest BCUT2D eigenvalue weighted by atomic mass is 10.1. The SMILES string of the molecule is Nc1nc2c(ccn2[C@@H]2O[C@H](CO)C(O)[C@@H]2F)c(=O)[nH]1. The first-order chi connectivity index (χ1) is 9.52. The van der Waals surface area contributed by atoms with Crippen LogP contribution in [0.5, 0.6) is 0 Å². The van der Waals surface area contributed by atoms with Crippen LogP contribution in [0, 0.1) is 0 Å². The molecule has 0 aromatic carbocycles. The van der Waals surface area contributed by atoms with E-state index in [1.165, 1.54) is 16.8 Å². The number of aliphatic hydroxyl groups excluding tert-OH is 2. The molecule has 108 valence electrons. The molecule has 4 atom stereocenters. The van der Waals surface area contributed by atoms with Gasteiger partial charge >= 0.3 is 0 Å². The molecule has 0 aliphatic carbocycles. The lowest BCUT2D eigenvalue weighted by molar-refractivity contribution is -0.0457. The number of H-pyrrole nitrogens is 1. The van der Waals surface area contributed by atoms with Crippen molar-refractivity contribution >= 4 is 17.0 Å². The Hall–Kier alpha value is -1.97. The highest BCUT2D eigenvalue weighted by Crippen LogP contribution is 2.33. The van der Waals surface area contributed by atoms with E-state index >= 15 is 0 Å². The third-order valence-electron chi connectivity index (χ3n) is 3.35. The number of anilines is 1. The van der Waals surface area contributed by atoms with Gasteiger partial charge in [0.1, 0.15) is 12.2 Å². The Labute approximate surface area is 111 Å². The van der Waals surface area contributed by atoms with Crippen LogP contribution in [0.2, 0.25) is 0 Å². The minimum absolute atomic E-state index is 0.102. The smallest absolute Gasteiger partial charge is 0.261 e. The summed E-state index contributed by atoms with van der Waals surface area (Å²) in [6, 6.07) is 1.45. The number of hydrogen-bond donors (Lipinski definition) is 4. The second-order valence-corrected chi connectivity index (χ2v) is 4.59. The Kier molecular flexibility index (Phi) is 2.96. The van der Waals surface area contributed by atoms with Crippen LogP contribution >= 0.6 is 0 Å². The number of fused-ring (bicyclic) bond motifs is 1. The third-order valence-corrected chi connectivity index (χ3v) is 3.35. The number of nitrogens with one attached hydrogen (secondary N) is 1. The molecule has 1 unspecified atom stereocenters. The number of halogens is 1. The lowest BCUT2D eigenvalue weighted by Gasteiger charge is -2.15. The summed E-state index contributed by atoms with van der Waals surface area (Å²) in [5.74, 6) is -0.102. The van der Waals surface area contributed by atoms with E-state index in [0.29, 0.717) is 0 Å². The van der Waals surface area contributed by atoms with Crippen molar-refractivity contribution in [1.29, 1.82) is 0 Å². The maximum Gasteiger partial charge on any atom is 0.261 e. The Balaban J connectivity index is 2.09. The van der Waals surface area contributed by atoms with Crippen molar-refractivity contribution < 1.29 is 19.3 Å². The summed E-state index contributed by atoms with van der Waals surface area (Å²) >= 11 is 0. The molecule has 9 heteroatoms. The van der Waals surface area contributed by atoms with E-state index in [4.69, 9.17) is 15.6 Å². The van der Waals surface area contributed by atoms with Crippen molar-refractivity contribution in [2.45, 2.75) is 24.6 Å². The predicted molar refractivity (Wildman–Crippen MR) is 66.7 cm³/mol. The number of aliphatic hydroxyl groups is 2. The topological polar surface area (TPSA) is 126 Å². The van der Waals surface area contributed by atoms with Gasteiger partial charge in [-0.15, -0.1) is 0 Å². The molecule has 3 rings (SSSR count). The number of alkyl halides is 1. The molecule has 0 bridgehead atoms. The number of nitrogens with zero attached hydrogens (tertiary/aromatic N) is 2. The average molecular weight is 284 g/mol. The van der Waals surface area contributed by atoms with Gasteiger partial charge in [-0.1, -0.05) is 0 Å². The van der Waals surface area contributed by atoms with E-state index in [9.17, 15) is 14.3 Å². The zero-order valence-electron chi connectivity index (χ0n) is 10.2. The van der Waals surface area contributed by atoms with Gasteiger partial charge in [0.2, 0.25) is 5.95 Å². The molecule has 2 aromatic heterocycles. The van der Waals surface area contributed by atoms with E-state index in [0.717, 1.165) is 0 Å². The highest BCUT2D eigenvalue weighted by atomic mass is 19.1. The zero-order chi connectivity index (χ0) is 14.4. The van der Waals surface area contributed by atoms with Gasteiger partial charge in [0.15, 0.2) is 18.0 Å². The molecule has 1 aliphatic heterocycles. The molecule has 3 heterocycles. The first kappa shape index (κ1) is 13.0. The first-order valence-corrected chi connectivity index (χ1v) is 5.97. The summed E-state index contributed by atoms with van der Waals surface area (Å²) < 4.78 is 20.6.